The van der Waals surface area contributed by atoms with Gasteiger partial charge in [-0.1, -0.05) is 35.2 Å². The zero-order chi connectivity index (χ0) is 13.2. The standard InChI is InChI=1S/C14H20Br2N2/c1-18-14(5-3-2-4-6-14)9-10-7-11(15)8-12(16)13(10)17/h7-8,18H,2-6,9,17H2,1H3. The molecular formula is C14H20Br2N2. The van der Waals surface area contributed by atoms with E-state index >= 15 is 0 Å². The molecule has 3 N–H and O–H groups in total. The van der Waals surface area contributed by atoms with Gasteiger partial charge in [-0.05, 0) is 59.9 Å². The van der Waals surface area contributed by atoms with Crippen LogP contribution in [0.1, 0.15) is 37.7 Å². The highest BCUT2D eigenvalue weighted by molar-refractivity contribution is 9.11. The van der Waals surface area contributed by atoms with E-state index in [1.807, 2.05) is 6.07 Å². The van der Waals surface area contributed by atoms with E-state index in [1.165, 1.54) is 37.7 Å². The number of benzene rings is 1. The Morgan fingerprint density at radius 3 is 2.50 bits per heavy atom. The monoisotopic (exact) mass is 374 g/mol. The van der Waals surface area contributed by atoms with Crippen LogP contribution >= 0.6 is 31.9 Å². The Morgan fingerprint density at radius 1 is 1.22 bits per heavy atom. The van der Waals surface area contributed by atoms with Gasteiger partial charge in [0.05, 0.1) is 0 Å². The number of likely N-dealkylation sites (N-methyl/N-ethyl adjacent to an activating group) is 1. The molecule has 4 heteroatoms. The molecule has 0 aromatic heterocycles. The first kappa shape index (κ1) is 14.4. The predicted octanol–water partition coefficient (Wildman–Crippen LogP) is 4.26. The molecule has 0 bridgehead atoms. The lowest BCUT2D eigenvalue weighted by molar-refractivity contribution is 0.245. The number of hydrogen-bond donors (Lipinski definition) is 2. The number of nitrogen functional groups attached to an aromatic ring is 1. The van der Waals surface area contributed by atoms with Crippen LogP contribution in [-0.4, -0.2) is 12.6 Å². The van der Waals surface area contributed by atoms with Gasteiger partial charge in [-0.3, -0.25) is 0 Å². The Balaban J connectivity index is 2.26. The van der Waals surface area contributed by atoms with E-state index in [2.05, 4.69) is 50.3 Å². The summed E-state index contributed by atoms with van der Waals surface area (Å²) in [5.41, 5.74) is 8.52. The average molecular weight is 376 g/mol. The molecule has 0 heterocycles. The predicted molar refractivity (Wildman–Crippen MR) is 84.8 cm³/mol. The molecule has 0 aliphatic heterocycles. The van der Waals surface area contributed by atoms with Crippen LogP contribution in [0.5, 0.6) is 0 Å². The fourth-order valence-electron chi connectivity index (χ4n) is 2.89. The molecule has 1 saturated carbocycles. The maximum Gasteiger partial charge on any atom is 0.0492 e. The summed E-state index contributed by atoms with van der Waals surface area (Å²) < 4.78 is 2.06. The van der Waals surface area contributed by atoms with Crippen LogP contribution in [0, 0.1) is 0 Å². The maximum absolute atomic E-state index is 6.19. The minimum Gasteiger partial charge on any atom is -0.398 e. The molecule has 1 aliphatic carbocycles. The normalized spacial score (nSPS) is 18.8. The van der Waals surface area contributed by atoms with Crippen molar-refractivity contribution >= 4 is 37.5 Å². The molecule has 0 radical (unpaired) electrons. The van der Waals surface area contributed by atoms with Crippen molar-refractivity contribution < 1.29 is 0 Å². The number of nitrogens with one attached hydrogen (secondary N) is 1. The van der Waals surface area contributed by atoms with Crippen molar-refractivity contribution in [1.82, 2.24) is 5.32 Å². The van der Waals surface area contributed by atoms with Gasteiger partial charge in [0.1, 0.15) is 0 Å². The summed E-state index contributed by atoms with van der Waals surface area (Å²) in [5, 5.41) is 3.55. The second kappa shape index (κ2) is 5.93. The molecule has 0 unspecified atom stereocenters. The van der Waals surface area contributed by atoms with Crippen molar-refractivity contribution in [3.05, 3.63) is 26.6 Å². The Bertz CT molecular complexity index is 426. The average Bonchev–Trinajstić information content (AvgIpc) is 2.36. The van der Waals surface area contributed by atoms with Gasteiger partial charge in [-0.15, -0.1) is 0 Å². The van der Waals surface area contributed by atoms with Crippen LogP contribution in [-0.2, 0) is 6.42 Å². The largest absolute Gasteiger partial charge is 0.398 e. The number of hydrogen-bond acceptors (Lipinski definition) is 2. The second-order valence-corrected chi connectivity index (χ2v) is 7.00. The Labute approximate surface area is 126 Å². The first-order valence-corrected chi connectivity index (χ1v) is 8.07. The van der Waals surface area contributed by atoms with Gasteiger partial charge in [0, 0.05) is 20.2 Å². The van der Waals surface area contributed by atoms with Gasteiger partial charge < -0.3 is 11.1 Å². The third kappa shape index (κ3) is 3.09. The molecular weight excluding hydrogens is 356 g/mol. The third-order valence-corrected chi connectivity index (χ3v) is 5.16. The third-order valence-electron chi connectivity index (χ3n) is 4.05. The van der Waals surface area contributed by atoms with Gasteiger partial charge >= 0.3 is 0 Å². The van der Waals surface area contributed by atoms with E-state index in [0.29, 0.717) is 0 Å². The summed E-state index contributed by atoms with van der Waals surface area (Å²) in [4.78, 5) is 0. The summed E-state index contributed by atoms with van der Waals surface area (Å²) in [5.74, 6) is 0. The maximum atomic E-state index is 6.19. The lowest BCUT2D eigenvalue weighted by atomic mass is 9.77. The van der Waals surface area contributed by atoms with Crippen molar-refractivity contribution in [3.8, 4) is 0 Å². The molecule has 0 spiro atoms. The summed E-state index contributed by atoms with van der Waals surface area (Å²) in [6.07, 6.45) is 7.49. The van der Waals surface area contributed by atoms with Gasteiger partial charge in [0.15, 0.2) is 0 Å². The smallest absolute Gasteiger partial charge is 0.0492 e. The van der Waals surface area contributed by atoms with Crippen LogP contribution in [0.4, 0.5) is 5.69 Å². The van der Waals surface area contributed by atoms with E-state index in [0.717, 1.165) is 21.1 Å². The molecule has 1 aromatic carbocycles. The van der Waals surface area contributed by atoms with E-state index in [-0.39, 0.29) is 5.54 Å². The fraction of sp³-hybridized carbons (Fsp3) is 0.571. The molecule has 18 heavy (non-hydrogen) atoms. The molecule has 2 rings (SSSR count). The quantitative estimate of drug-likeness (QED) is 0.774. The first-order valence-electron chi connectivity index (χ1n) is 6.49. The van der Waals surface area contributed by atoms with Gasteiger partial charge in [-0.25, -0.2) is 0 Å². The van der Waals surface area contributed by atoms with E-state index in [1.54, 1.807) is 0 Å². The molecule has 1 aliphatic rings. The van der Waals surface area contributed by atoms with Crippen LogP contribution in [0.15, 0.2) is 21.1 Å². The van der Waals surface area contributed by atoms with E-state index in [4.69, 9.17) is 5.73 Å². The molecule has 0 saturated heterocycles. The van der Waals surface area contributed by atoms with Crippen molar-refractivity contribution in [1.29, 1.82) is 0 Å². The zero-order valence-electron chi connectivity index (χ0n) is 10.7. The van der Waals surface area contributed by atoms with Crippen LogP contribution in [0.2, 0.25) is 0 Å². The lowest BCUT2D eigenvalue weighted by Crippen LogP contribution is -2.46. The van der Waals surface area contributed by atoms with E-state index < -0.39 is 0 Å². The van der Waals surface area contributed by atoms with E-state index in [9.17, 15) is 0 Å². The van der Waals surface area contributed by atoms with Crippen LogP contribution in [0.3, 0.4) is 0 Å². The van der Waals surface area contributed by atoms with Crippen molar-refractivity contribution in [3.63, 3.8) is 0 Å². The second-order valence-electron chi connectivity index (χ2n) is 5.23. The molecule has 0 atom stereocenters. The van der Waals surface area contributed by atoms with Crippen LogP contribution < -0.4 is 11.1 Å². The Hall–Kier alpha value is -0.0600. The number of halogens is 2. The highest BCUT2D eigenvalue weighted by Gasteiger charge is 2.31. The SMILES string of the molecule is CNC1(Cc2cc(Br)cc(Br)c2N)CCCCC1. The number of anilines is 1. The first-order chi connectivity index (χ1) is 8.56. The van der Waals surface area contributed by atoms with Crippen LogP contribution in [0.25, 0.3) is 0 Å². The fourth-order valence-corrected chi connectivity index (χ4v) is 4.21. The number of nitrogens with two attached hydrogens (primary N) is 1. The van der Waals surface area contributed by atoms with Gasteiger partial charge in [-0.2, -0.15) is 0 Å². The molecule has 1 fully saturated rings. The molecule has 1 aromatic rings. The minimum absolute atomic E-state index is 0.229. The van der Waals surface area contributed by atoms with Gasteiger partial charge in [0.2, 0.25) is 0 Å². The zero-order valence-corrected chi connectivity index (χ0v) is 13.9. The lowest BCUT2D eigenvalue weighted by Gasteiger charge is -2.37. The van der Waals surface area contributed by atoms with Crippen molar-refractivity contribution in [2.45, 2.75) is 44.1 Å². The molecule has 100 valence electrons. The molecule has 0 amide bonds. The molecule has 2 nitrogen and oxygen atoms in total. The summed E-state index contributed by atoms with van der Waals surface area (Å²) >= 11 is 7.07. The summed E-state index contributed by atoms with van der Waals surface area (Å²) in [7, 11) is 2.08. The summed E-state index contributed by atoms with van der Waals surface area (Å²) in [6.45, 7) is 0. The Morgan fingerprint density at radius 2 is 1.89 bits per heavy atom. The van der Waals surface area contributed by atoms with Crippen molar-refractivity contribution in [2.75, 3.05) is 12.8 Å². The minimum atomic E-state index is 0.229. The highest BCUT2D eigenvalue weighted by Crippen LogP contribution is 2.35. The number of rotatable bonds is 3. The topological polar surface area (TPSA) is 38.0 Å². The highest BCUT2D eigenvalue weighted by atomic mass is 79.9. The summed E-state index contributed by atoms with van der Waals surface area (Å²) in [6, 6.07) is 4.15. The van der Waals surface area contributed by atoms with Crippen molar-refractivity contribution in [2.24, 2.45) is 0 Å². The Kier molecular flexibility index (Phi) is 4.73. The van der Waals surface area contributed by atoms with Gasteiger partial charge in [0.25, 0.3) is 0 Å².